The molecule has 35 heavy (non-hydrogen) atoms. The first-order valence-corrected chi connectivity index (χ1v) is 12.3. The number of aromatic nitrogens is 1. The van der Waals surface area contributed by atoms with Crippen LogP contribution < -0.4 is 5.32 Å². The SMILES string of the molecule is Cc1nsc(-c2ccc3cc(C#CC4(C=O)CC4)ccc3c2)c1NC(=O)O[C@H](C)c1ccccc1. The lowest BCUT2D eigenvalue weighted by molar-refractivity contribution is -0.110. The first-order chi connectivity index (χ1) is 17.0. The van der Waals surface area contributed by atoms with Crippen molar-refractivity contribution in [3.05, 3.63) is 83.6 Å². The predicted octanol–water partition coefficient (Wildman–Crippen LogP) is 6.91. The van der Waals surface area contributed by atoms with Gasteiger partial charge in [0.25, 0.3) is 0 Å². The van der Waals surface area contributed by atoms with E-state index in [9.17, 15) is 9.59 Å². The summed E-state index contributed by atoms with van der Waals surface area (Å²) in [5.41, 5.74) is 3.76. The monoisotopic (exact) mass is 480 g/mol. The lowest BCUT2D eigenvalue weighted by atomic mass is 10.0. The van der Waals surface area contributed by atoms with Crippen LogP contribution in [0.15, 0.2) is 66.7 Å². The Morgan fingerprint density at radius 1 is 1.11 bits per heavy atom. The summed E-state index contributed by atoms with van der Waals surface area (Å²) >= 11 is 1.34. The standard InChI is InChI=1S/C29H24N2O3S/c1-19-26(30-28(33)34-20(2)22-6-4-3-5-7-22)27(35-31-19)25-11-10-23-16-21(8-9-24(23)17-25)12-13-29(18-32)14-15-29/h3-11,16-18,20H,14-15H2,1-2H3,(H,30,33)/t20-/m1/s1. The zero-order valence-electron chi connectivity index (χ0n) is 19.5. The van der Waals surface area contributed by atoms with Crippen LogP contribution in [0.2, 0.25) is 0 Å². The Balaban J connectivity index is 1.36. The molecule has 5 nitrogen and oxygen atoms in total. The molecule has 1 heterocycles. The number of carbonyl (C=O) groups excluding carboxylic acids is 2. The van der Waals surface area contributed by atoms with Crippen molar-refractivity contribution < 1.29 is 14.3 Å². The summed E-state index contributed by atoms with van der Waals surface area (Å²) < 4.78 is 10.1. The van der Waals surface area contributed by atoms with Crippen LogP contribution in [0.25, 0.3) is 21.2 Å². The number of anilines is 1. The third-order valence-corrected chi connectivity index (χ3v) is 7.20. The quantitative estimate of drug-likeness (QED) is 0.249. The number of amides is 1. The van der Waals surface area contributed by atoms with E-state index < -0.39 is 11.5 Å². The zero-order chi connectivity index (χ0) is 24.4. The minimum absolute atomic E-state index is 0.370. The number of rotatable bonds is 5. The molecule has 6 heteroatoms. The second-order valence-electron chi connectivity index (χ2n) is 8.86. The van der Waals surface area contributed by atoms with Crippen molar-refractivity contribution in [1.82, 2.24) is 4.37 Å². The molecule has 1 fully saturated rings. The Bertz CT molecular complexity index is 1480. The summed E-state index contributed by atoms with van der Waals surface area (Å²) in [6, 6.07) is 21.8. The molecular weight excluding hydrogens is 456 g/mol. The van der Waals surface area contributed by atoms with Crippen LogP contribution in [0.3, 0.4) is 0 Å². The van der Waals surface area contributed by atoms with Crippen LogP contribution in [0.5, 0.6) is 0 Å². The van der Waals surface area contributed by atoms with E-state index in [1.807, 2.05) is 74.5 Å². The van der Waals surface area contributed by atoms with E-state index in [4.69, 9.17) is 4.74 Å². The van der Waals surface area contributed by atoms with Gasteiger partial charge in [0.1, 0.15) is 12.4 Å². The van der Waals surface area contributed by atoms with E-state index in [-0.39, 0.29) is 6.10 Å². The molecule has 0 saturated heterocycles. The van der Waals surface area contributed by atoms with Crippen molar-refractivity contribution in [3.63, 3.8) is 0 Å². The lowest BCUT2D eigenvalue weighted by Crippen LogP contribution is -2.16. The highest BCUT2D eigenvalue weighted by Gasteiger charge is 2.40. The maximum Gasteiger partial charge on any atom is 0.412 e. The molecule has 0 unspecified atom stereocenters. The van der Waals surface area contributed by atoms with E-state index in [0.717, 1.165) is 57.2 Å². The highest BCUT2D eigenvalue weighted by atomic mass is 32.1. The molecule has 4 aromatic rings. The molecule has 3 aromatic carbocycles. The van der Waals surface area contributed by atoms with Crippen LogP contribution in [-0.4, -0.2) is 16.8 Å². The Morgan fingerprint density at radius 3 is 2.60 bits per heavy atom. The number of benzene rings is 3. The summed E-state index contributed by atoms with van der Waals surface area (Å²) in [5, 5.41) is 5.01. The zero-order valence-corrected chi connectivity index (χ0v) is 20.3. The summed E-state index contributed by atoms with van der Waals surface area (Å²) in [6.45, 7) is 3.72. The van der Waals surface area contributed by atoms with Gasteiger partial charge in [0.05, 0.1) is 21.7 Å². The minimum atomic E-state index is -0.515. The molecule has 1 aliphatic carbocycles. The van der Waals surface area contributed by atoms with Crippen LogP contribution >= 0.6 is 11.5 Å². The Hall–Kier alpha value is -3.95. The van der Waals surface area contributed by atoms with Crippen molar-refractivity contribution in [2.45, 2.75) is 32.8 Å². The molecule has 1 N–H and O–H groups in total. The van der Waals surface area contributed by atoms with E-state index >= 15 is 0 Å². The molecule has 0 aliphatic heterocycles. The second-order valence-corrected chi connectivity index (χ2v) is 9.63. The van der Waals surface area contributed by atoms with E-state index in [2.05, 4.69) is 27.6 Å². The number of aldehydes is 1. The number of hydrogen-bond acceptors (Lipinski definition) is 5. The van der Waals surface area contributed by atoms with Crippen molar-refractivity contribution in [1.29, 1.82) is 0 Å². The molecule has 5 rings (SSSR count). The number of carbonyl (C=O) groups is 2. The van der Waals surface area contributed by atoms with Crippen LogP contribution in [-0.2, 0) is 9.53 Å². The van der Waals surface area contributed by atoms with Gasteiger partial charge in [0.15, 0.2) is 0 Å². The third kappa shape index (κ3) is 4.96. The molecule has 1 amide bonds. The third-order valence-electron chi connectivity index (χ3n) is 6.22. The summed E-state index contributed by atoms with van der Waals surface area (Å²) in [5.74, 6) is 6.26. The fraction of sp³-hybridized carbons (Fsp3) is 0.207. The fourth-order valence-electron chi connectivity index (χ4n) is 3.87. The average molecular weight is 481 g/mol. The Morgan fingerprint density at radius 2 is 1.86 bits per heavy atom. The van der Waals surface area contributed by atoms with Gasteiger partial charge in [0.2, 0.25) is 0 Å². The maximum absolute atomic E-state index is 12.6. The van der Waals surface area contributed by atoms with E-state index in [1.54, 1.807) is 0 Å². The minimum Gasteiger partial charge on any atom is -0.441 e. The predicted molar refractivity (Wildman–Crippen MR) is 139 cm³/mol. The van der Waals surface area contributed by atoms with E-state index in [1.165, 1.54) is 11.5 Å². The molecule has 0 spiro atoms. The first kappa shape index (κ1) is 22.8. The van der Waals surface area contributed by atoms with Gasteiger partial charge in [-0.15, -0.1) is 0 Å². The van der Waals surface area contributed by atoms with Gasteiger partial charge in [-0.3, -0.25) is 5.32 Å². The maximum atomic E-state index is 12.6. The van der Waals surface area contributed by atoms with Crippen molar-refractivity contribution in [2.24, 2.45) is 5.41 Å². The number of fused-ring (bicyclic) bond motifs is 1. The van der Waals surface area contributed by atoms with Gasteiger partial charge < -0.3 is 9.53 Å². The number of nitrogens with one attached hydrogen (secondary N) is 1. The molecule has 0 bridgehead atoms. The summed E-state index contributed by atoms with van der Waals surface area (Å²) in [4.78, 5) is 24.7. The number of ether oxygens (including phenoxy) is 1. The highest BCUT2D eigenvalue weighted by molar-refractivity contribution is 7.10. The molecular formula is C29H24N2O3S. The van der Waals surface area contributed by atoms with Crippen LogP contribution in [0.4, 0.5) is 10.5 Å². The molecule has 174 valence electrons. The summed E-state index contributed by atoms with van der Waals surface area (Å²) in [6.07, 6.45) is 1.78. The molecule has 1 aromatic heterocycles. The van der Waals surface area contributed by atoms with Gasteiger partial charge in [-0.05, 0) is 78.3 Å². The molecule has 1 saturated carbocycles. The Labute approximate surface area is 208 Å². The smallest absolute Gasteiger partial charge is 0.412 e. The van der Waals surface area contributed by atoms with Crippen LogP contribution in [0, 0.1) is 24.2 Å². The van der Waals surface area contributed by atoms with Gasteiger partial charge in [-0.25, -0.2) is 4.79 Å². The normalized spacial score (nSPS) is 14.5. The highest BCUT2D eigenvalue weighted by Crippen LogP contribution is 2.42. The Kier molecular flexibility index (Phi) is 6.10. The summed E-state index contributed by atoms with van der Waals surface area (Å²) in [7, 11) is 0. The molecule has 1 atom stereocenters. The first-order valence-electron chi connectivity index (χ1n) is 11.5. The number of nitrogens with zero attached hydrogens (tertiary/aromatic N) is 1. The molecule has 1 aliphatic rings. The van der Waals surface area contributed by atoms with Crippen molar-refractivity contribution in [3.8, 4) is 22.3 Å². The van der Waals surface area contributed by atoms with Gasteiger partial charge in [0, 0.05) is 5.56 Å². The number of aryl methyl sites for hydroxylation is 1. The topological polar surface area (TPSA) is 68.3 Å². The van der Waals surface area contributed by atoms with Gasteiger partial charge >= 0.3 is 6.09 Å². The lowest BCUT2D eigenvalue weighted by Gasteiger charge is -2.14. The van der Waals surface area contributed by atoms with Crippen LogP contribution in [0.1, 0.15) is 42.7 Å². The number of hydrogen-bond donors (Lipinski definition) is 1. The van der Waals surface area contributed by atoms with Gasteiger partial charge in [-0.1, -0.05) is 60.4 Å². The fourth-order valence-corrected chi connectivity index (χ4v) is 4.71. The average Bonchev–Trinajstić information content (AvgIpc) is 3.59. The molecule has 0 radical (unpaired) electrons. The van der Waals surface area contributed by atoms with Gasteiger partial charge in [-0.2, -0.15) is 4.37 Å². The van der Waals surface area contributed by atoms with E-state index in [0.29, 0.717) is 5.69 Å². The second kappa shape index (κ2) is 9.36. The van der Waals surface area contributed by atoms with Crippen molar-refractivity contribution >= 4 is 40.4 Å². The largest absolute Gasteiger partial charge is 0.441 e. The van der Waals surface area contributed by atoms with Crippen molar-refractivity contribution in [2.75, 3.05) is 5.32 Å².